The zero-order valence-electron chi connectivity index (χ0n) is 14.8. The molecule has 0 bridgehead atoms. The molecule has 0 saturated carbocycles. The second-order valence-corrected chi connectivity index (χ2v) is 6.37. The van der Waals surface area contributed by atoms with E-state index < -0.39 is 0 Å². The first kappa shape index (κ1) is 16.8. The van der Waals surface area contributed by atoms with Crippen LogP contribution in [0.1, 0.15) is 32.0 Å². The van der Waals surface area contributed by atoms with Crippen molar-refractivity contribution in [1.29, 1.82) is 0 Å². The maximum atomic E-state index is 12.6. The first-order chi connectivity index (χ1) is 11.9. The van der Waals surface area contributed by atoms with Crippen LogP contribution in [0.5, 0.6) is 0 Å². The highest BCUT2D eigenvalue weighted by Gasteiger charge is 2.12. The van der Waals surface area contributed by atoms with Gasteiger partial charge in [0.05, 0.1) is 0 Å². The fourth-order valence-electron chi connectivity index (χ4n) is 2.79. The molecular formula is C20H21N3O2. The average Bonchev–Trinajstić information content (AvgIpc) is 2.88. The number of aromatic amines is 1. The Morgan fingerprint density at radius 2 is 1.76 bits per heavy atom. The molecule has 2 N–H and O–H groups in total. The number of carbonyl (C=O) groups is 2. The van der Waals surface area contributed by atoms with Crippen LogP contribution < -0.4 is 5.32 Å². The lowest BCUT2D eigenvalue weighted by Crippen LogP contribution is -2.21. The number of benzene rings is 2. The highest BCUT2D eigenvalue weighted by molar-refractivity contribution is 6.07. The number of hydrogen-bond donors (Lipinski definition) is 2. The Morgan fingerprint density at radius 3 is 2.48 bits per heavy atom. The second kappa shape index (κ2) is 6.43. The molecule has 3 rings (SSSR count). The van der Waals surface area contributed by atoms with E-state index in [0.717, 1.165) is 22.2 Å². The third-order valence-corrected chi connectivity index (χ3v) is 4.34. The first-order valence-corrected chi connectivity index (χ1v) is 8.09. The van der Waals surface area contributed by atoms with Gasteiger partial charge in [0.2, 0.25) is 0 Å². The van der Waals surface area contributed by atoms with Gasteiger partial charge in [0, 0.05) is 47.5 Å². The lowest BCUT2D eigenvalue weighted by atomic mass is 10.1. The number of hydrogen-bond acceptors (Lipinski definition) is 2. The lowest BCUT2D eigenvalue weighted by Gasteiger charge is -2.12. The highest BCUT2D eigenvalue weighted by atomic mass is 16.2. The summed E-state index contributed by atoms with van der Waals surface area (Å²) >= 11 is 0. The highest BCUT2D eigenvalue weighted by Crippen LogP contribution is 2.23. The van der Waals surface area contributed by atoms with Crippen LogP contribution in [0.4, 0.5) is 5.69 Å². The smallest absolute Gasteiger partial charge is 0.255 e. The predicted molar refractivity (Wildman–Crippen MR) is 100 cm³/mol. The van der Waals surface area contributed by atoms with Crippen molar-refractivity contribution >= 4 is 28.4 Å². The molecule has 2 amide bonds. The van der Waals surface area contributed by atoms with E-state index >= 15 is 0 Å². The lowest BCUT2D eigenvalue weighted by molar-refractivity contribution is 0.0827. The van der Waals surface area contributed by atoms with Gasteiger partial charge in [-0.15, -0.1) is 0 Å². The Balaban J connectivity index is 1.86. The Labute approximate surface area is 146 Å². The number of anilines is 1. The molecule has 0 radical (unpaired) electrons. The molecule has 0 unspecified atom stereocenters. The van der Waals surface area contributed by atoms with Crippen LogP contribution in [0.25, 0.3) is 10.9 Å². The maximum absolute atomic E-state index is 12.6. The molecule has 3 aromatic rings. The van der Waals surface area contributed by atoms with Gasteiger partial charge in [-0.2, -0.15) is 0 Å². The normalized spacial score (nSPS) is 10.7. The maximum Gasteiger partial charge on any atom is 0.255 e. The second-order valence-electron chi connectivity index (χ2n) is 6.37. The standard InChI is InChI=1S/C20H21N3O2/c1-12-13(2)21-18-9-8-14(11-17(12)18)19(24)22-16-7-5-6-15(10-16)20(25)23(3)4/h5-11,21H,1-4H3,(H,22,24). The summed E-state index contributed by atoms with van der Waals surface area (Å²) in [7, 11) is 3.40. The van der Waals surface area contributed by atoms with Gasteiger partial charge in [0.15, 0.2) is 0 Å². The van der Waals surface area contributed by atoms with Crippen LogP contribution in [-0.4, -0.2) is 35.8 Å². The number of nitrogens with one attached hydrogen (secondary N) is 2. The summed E-state index contributed by atoms with van der Waals surface area (Å²) < 4.78 is 0. The molecule has 128 valence electrons. The molecule has 0 aliphatic heterocycles. The monoisotopic (exact) mass is 335 g/mol. The van der Waals surface area contributed by atoms with Crippen LogP contribution >= 0.6 is 0 Å². The van der Waals surface area contributed by atoms with E-state index in [9.17, 15) is 9.59 Å². The fraction of sp³-hybridized carbons (Fsp3) is 0.200. The molecule has 0 saturated heterocycles. The van der Waals surface area contributed by atoms with Crippen LogP contribution in [0, 0.1) is 13.8 Å². The molecule has 1 aromatic heterocycles. The van der Waals surface area contributed by atoms with Gasteiger partial charge in [0.25, 0.3) is 11.8 Å². The first-order valence-electron chi connectivity index (χ1n) is 8.09. The zero-order valence-corrected chi connectivity index (χ0v) is 14.8. The van der Waals surface area contributed by atoms with E-state index in [-0.39, 0.29) is 11.8 Å². The summed E-state index contributed by atoms with van der Waals surface area (Å²) in [4.78, 5) is 29.4. The summed E-state index contributed by atoms with van der Waals surface area (Å²) in [6, 6.07) is 12.5. The molecule has 5 heteroatoms. The Hall–Kier alpha value is -3.08. The molecule has 0 spiro atoms. The third-order valence-electron chi connectivity index (χ3n) is 4.34. The van der Waals surface area contributed by atoms with E-state index in [1.165, 1.54) is 4.90 Å². The molecule has 0 atom stereocenters. The number of amides is 2. The Morgan fingerprint density at radius 1 is 1.00 bits per heavy atom. The number of fused-ring (bicyclic) bond motifs is 1. The summed E-state index contributed by atoms with van der Waals surface area (Å²) in [6.45, 7) is 4.05. The SMILES string of the molecule is Cc1[nH]c2ccc(C(=O)Nc3cccc(C(=O)N(C)C)c3)cc2c1C. The molecule has 25 heavy (non-hydrogen) atoms. The number of aryl methyl sites for hydroxylation is 2. The Bertz CT molecular complexity index is 970. The van der Waals surface area contributed by atoms with Gasteiger partial charge in [-0.05, 0) is 55.8 Å². The molecule has 1 heterocycles. The Kier molecular flexibility index (Phi) is 4.31. The van der Waals surface area contributed by atoms with E-state index in [4.69, 9.17) is 0 Å². The average molecular weight is 335 g/mol. The number of H-pyrrole nitrogens is 1. The van der Waals surface area contributed by atoms with E-state index in [1.807, 2.05) is 26.0 Å². The van der Waals surface area contributed by atoms with Crippen molar-refractivity contribution in [2.24, 2.45) is 0 Å². The fourth-order valence-corrected chi connectivity index (χ4v) is 2.79. The van der Waals surface area contributed by atoms with Crippen LogP contribution in [0.15, 0.2) is 42.5 Å². The largest absolute Gasteiger partial charge is 0.358 e. The van der Waals surface area contributed by atoms with Gasteiger partial charge in [-0.25, -0.2) is 0 Å². The summed E-state index contributed by atoms with van der Waals surface area (Å²) in [5.74, 6) is -0.300. The minimum Gasteiger partial charge on any atom is -0.358 e. The van der Waals surface area contributed by atoms with Crippen molar-refractivity contribution in [2.45, 2.75) is 13.8 Å². The number of aromatic nitrogens is 1. The molecule has 2 aromatic carbocycles. The van der Waals surface area contributed by atoms with Gasteiger partial charge < -0.3 is 15.2 Å². The van der Waals surface area contributed by atoms with Gasteiger partial charge in [-0.1, -0.05) is 6.07 Å². The number of nitrogens with zero attached hydrogens (tertiary/aromatic N) is 1. The molecule has 0 fully saturated rings. The van der Waals surface area contributed by atoms with Crippen molar-refractivity contribution < 1.29 is 9.59 Å². The number of carbonyl (C=O) groups excluding carboxylic acids is 2. The number of rotatable bonds is 3. The third kappa shape index (κ3) is 3.26. The minimum atomic E-state index is -0.199. The molecule has 5 nitrogen and oxygen atoms in total. The van der Waals surface area contributed by atoms with Gasteiger partial charge >= 0.3 is 0 Å². The summed E-state index contributed by atoms with van der Waals surface area (Å²) in [5, 5.41) is 3.91. The van der Waals surface area contributed by atoms with Crippen molar-refractivity contribution in [1.82, 2.24) is 9.88 Å². The molecule has 0 aliphatic rings. The van der Waals surface area contributed by atoms with Crippen molar-refractivity contribution in [3.8, 4) is 0 Å². The van der Waals surface area contributed by atoms with Crippen molar-refractivity contribution in [2.75, 3.05) is 19.4 Å². The van der Waals surface area contributed by atoms with Crippen LogP contribution in [-0.2, 0) is 0 Å². The van der Waals surface area contributed by atoms with E-state index in [2.05, 4.69) is 10.3 Å². The minimum absolute atomic E-state index is 0.101. The summed E-state index contributed by atoms with van der Waals surface area (Å²) in [6.07, 6.45) is 0. The topological polar surface area (TPSA) is 65.2 Å². The zero-order chi connectivity index (χ0) is 18.1. The van der Waals surface area contributed by atoms with E-state index in [1.54, 1.807) is 44.4 Å². The molecular weight excluding hydrogens is 314 g/mol. The van der Waals surface area contributed by atoms with Crippen molar-refractivity contribution in [3.05, 3.63) is 64.8 Å². The van der Waals surface area contributed by atoms with Crippen molar-refractivity contribution in [3.63, 3.8) is 0 Å². The van der Waals surface area contributed by atoms with Gasteiger partial charge in [-0.3, -0.25) is 9.59 Å². The van der Waals surface area contributed by atoms with E-state index in [0.29, 0.717) is 16.8 Å². The molecule has 0 aliphatic carbocycles. The van der Waals surface area contributed by atoms with Crippen LogP contribution in [0.2, 0.25) is 0 Å². The summed E-state index contributed by atoms with van der Waals surface area (Å²) in [5.41, 5.74) is 4.98. The quantitative estimate of drug-likeness (QED) is 0.766. The van der Waals surface area contributed by atoms with Gasteiger partial charge in [0.1, 0.15) is 0 Å². The predicted octanol–water partition coefficient (Wildman–Crippen LogP) is 3.74. The van der Waals surface area contributed by atoms with Crippen LogP contribution in [0.3, 0.4) is 0 Å².